The standard InChI is InChI=1S/C15H21ClF2N2O2/c1-3-5-8-20(4-2)10-14(21)19-11-6-7-13(12(16)9-11)22-15(17)18/h6-7,9,15H,3-5,8,10H2,1-2H3,(H,19,21). The van der Waals surface area contributed by atoms with E-state index in [9.17, 15) is 13.6 Å². The van der Waals surface area contributed by atoms with Gasteiger partial charge in [0.05, 0.1) is 11.6 Å². The maximum Gasteiger partial charge on any atom is 0.387 e. The van der Waals surface area contributed by atoms with Gasteiger partial charge in [0.25, 0.3) is 0 Å². The van der Waals surface area contributed by atoms with Crippen molar-refractivity contribution in [2.75, 3.05) is 25.0 Å². The Labute approximate surface area is 134 Å². The molecule has 0 aliphatic heterocycles. The lowest BCUT2D eigenvalue weighted by atomic mass is 10.3. The van der Waals surface area contributed by atoms with Gasteiger partial charge in [-0.1, -0.05) is 31.9 Å². The molecule has 0 aliphatic carbocycles. The van der Waals surface area contributed by atoms with E-state index in [1.165, 1.54) is 18.2 Å². The van der Waals surface area contributed by atoms with Crippen molar-refractivity contribution in [2.24, 2.45) is 0 Å². The number of amides is 1. The fourth-order valence-electron chi connectivity index (χ4n) is 1.90. The number of alkyl halides is 2. The molecule has 0 spiro atoms. The number of unbranched alkanes of at least 4 members (excludes halogenated alkanes) is 1. The van der Waals surface area contributed by atoms with Gasteiger partial charge < -0.3 is 10.1 Å². The number of hydrogen-bond donors (Lipinski definition) is 1. The van der Waals surface area contributed by atoms with Crippen LogP contribution in [-0.2, 0) is 4.79 Å². The minimum absolute atomic E-state index is 0.0245. The van der Waals surface area contributed by atoms with Gasteiger partial charge >= 0.3 is 6.61 Å². The van der Waals surface area contributed by atoms with Gasteiger partial charge in [-0.15, -0.1) is 0 Å². The number of benzene rings is 1. The zero-order valence-corrected chi connectivity index (χ0v) is 13.5. The van der Waals surface area contributed by atoms with E-state index in [1.54, 1.807) is 0 Å². The van der Waals surface area contributed by atoms with Gasteiger partial charge in [0.15, 0.2) is 0 Å². The summed E-state index contributed by atoms with van der Waals surface area (Å²) in [7, 11) is 0. The summed E-state index contributed by atoms with van der Waals surface area (Å²) in [6.45, 7) is 3.09. The fraction of sp³-hybridized carbons (Fsp3) is 0.533. The van der Waals surface area contributed by atoms with Crippen LogP contribution in [0.25, 0.3) is 0 Å². The second kappa shape index (κ2) is 9.58. The molecule has 0 unspecified atom stereocenters. The highest BCUT2D eigenvalue weighted by Crippen LogP contribution is 2.28. The van der Waals surface area contributed by atoms with Crippen LogP contribution in [-0.4, -0.2) is 37.1 Å². The second-order valence-corrected chi connectivity index (χ2v) is 5.20. The molecule has 0 atom stereocenters. The zero-order valence-electron chi connectivity index (χ0n) is 12.7. The van der Waals surface area contributed by atoms with Crippen LogP contribution in [0.15, 0.2) is 18.2 Å². The van der Waals surface area contributed by atoms with Crippen molar-refractivity contribution in [3.63, 3.8) is 0 Å². The predicted octanol–water partition coefficient (Wildman–Crippen LogP) is 4.00. The molecule has 0 radical (unpaired) electrons. The number of nitrogens with zero attached hydrogens (tertiary/aromatic N) is 1. The molecule has 0 fully saturated rings. The highest BCUT2D eigenvalue weighted by atomic mass is 35.5. The van der Waals surface area contributed by atoms with E-state index >= 15 is 0 Å². The van der Waals surface area contributed by atoms with Crippen LogP contribution in [0.4, 0.5) is 14.5 Å². The number of carbonyl (C=O) groups is 1. The fourth-order valence-corrected chi connectivity index (χ4v) is 2.13. The van der Waals surface area contributed by atoms with Gasteiger partial charge in [0, 0.05) is 5.69 Å². The van der Waals surface area contributed by atoms with Gasteiger partial charge in [0.1, 0.15) is 5.75 Å². The molecule has 1 amide bonds. The maximum absolute atomic E-state index is 12.1. The lowest BCUT2D eigenvalue weighted by Crippen LogP contribution is -2.33. The Balaban J connectivity index is 2.58. The molecule has 0 heterocycles. The number of likely N-dealkylation sites (N-methyl/N-ethyl adjacent to an activating group) is 1. The quantitative estimate of drug-likeness (QED) is 0.742. The number of rotatable bonds is 9. The molecule has 1 aromatic carbocycles. The summed E-state index contributed by atoms with van der Waals surface area (Å²) in [5, 5.41) is 2.72. The van der Waals surface area contributed by atoms with Crippen molar-refractivity contribution in [1.29, 1.82) is 0 Å². The predicted molar refractivity (Wildman–Crippen MR) is 83.7 cm³/mol. The van der Waals surface area contributed by atoms with Crippen molar-refractivity contribution in [2.45, 2.75) is 33.3 Å². The van der Waals surface area contributed by atoms with Crippen molar-refractivity contribution in [3.05, 3.63) is 23.2 Å². The second-order valence-electron chi connectivity index (χ2n) is 4.79. The molecular formula is C15H21ClF2N2O2. The third-order valence-electron chi connectivity index (χ3n) is 3.07. The first-order chi connectivity index (χ1) is 10.5. The summed E-state index contributed by atoms with van der Waals surface area (Å²) in [6, 6.07) is 4.17. The summed E-state index contributed by atoms with van der Waals surface area (Å²) >= 11 is 5.84. The molecule has 4 nitrogen and oxygen atoms in total. The highest BCUT2D eigenvalue weighted by Gasteiger charge is 2.12. The van der Waals surface area contributed by atoms with Crippen LogP contribution in [0, 0.1) is 0 Å². The zero-order chi connectivity index (χ0) is 16.5. The van der Waals surface area contributed by atoms with Crippen LogP contribution < -0.4 is 10.1 Å². The lowest BCUT2D eigenvalue weighted by molar-refractivity contribution is -0.117. The monoisotopic (exact) mass is 334 g/mol. The summed E-state index contributed by atoms with van der Waals surface area (Å²) in [6.07, 6.45) is 2.10. The number of nitrogens with one attached hydrogen (secondary N) is 1. The first kappa shape index (κ1) is 18.6. The Bertz CT molecular complexity index is 487. The molecule has 22 heavy (non-hydrogen) atoms. The van der Waals surface area contributed by atoms with Gasteiger partial charge in [-0.3, -0.25) is 9.69 Å². The minimum atomic E-state index is -2.94. The molecule has 0 bridgehead atoms. The Kier molecular flexibility index (Phi) is 8.12. The van der Waals surface area contributed by atoms with Crippen LogP contribution in [0.3, 0.4) is 0 Å². The van der Waals surface area contributed by atoms with E-state index < -0.39 is 6.61 Å². The minimum Gasteiger partial charge on any atom is -0.433 e. The van der Waals surface area contributed by atoms with Gasteiger partial charge in [-0.25, -0.2) is 0 Å². The smallest absolute Gasteiger partial charge is 0.387 e. The number of halogens is 3. The van der Waals surface area contributed by atoms with Gasteiger partial charge in [-0.05, 0) is 37.7 Å². The molecule has 1 aromatic rings. The number of carbonyl (C=O) groups excluding carboxylic acids is 1. The largest absolute Gasteiger partial charge is 0.433 e. The van der Waals surface area contributed by atoms with Crippen LogP contribution in [0.2, 0.25) is 5.02 Å². The van der Waals surface area contributed by atoms with Crippen LogP contribution >= 0.6 is 11.6 Å². The first-order valence-corrected chi connectivity index (χ1v) is 7.60. The highest BCUT2D eigenvalue weighted by molar-refractivity contribution is 6.32. The average Bonchev–Trinajstić information content (AvgIpc) is 2.46. The third kappa shape index (κ3) is 6.58. The Morgan fingerprint density at radius 2 is 2.14 bits per heavy atom. The van der Waals surface area contributed by atoms with Crippen molar-refractivity contribution < 1.29 is 18.3 Å². The molecule has 0 aliphatic rings. The van der Waals surface area contributed by atoms with E-state index in [-0.39, 0.29) is 23.2 Å². The van der Waals surface area contributed by atoms with Crippen LogP contribution in [0.5, 0.6) is 5.75 Å². The molecule has 0 saturated heterocycles. The van der Waals surface area contributed by atoms with E-state index in [4.69, 9.17) is 11.6 Å². The molecule has 1 N–H and O–H groups in total. The molecule has 124 valence electrons. The molecular weight excluding hydrogens is 314 g/mol. The van der Waals surface area contributed by atoms with E-state index in [2.05, 4.69) is 17.0 Å². The molecule has 0 saturated carbocycles. The third-order valence-corrected chi connectivity index (χ3v) is 3.37. The number of hydrogen-bond acceptors (Lipinski definition) is 3. The SMILES string of the molecule is CCCCN(CC)CC(=O)Nc1ccc(OC(F)F)c(Cl)c1. The van der Waals surface area contributed by atoms with Gasteiger partial charge in [0.2, 0.25) is 5.91 Å². The first-order valence-electron chi connectivity index (χ1n) is 7.22. The van der Waals surface area contributed by atoms with Crippen molar-refractivity contribution in [1.82, 2.24) is 4.90 Å². The summed E-state index contributed by atoms with van der Waals surface area (Å²) in [5.41, 5.74) is 0.447. The number of ether oxygens (including phenoxy) is 1. The van der Waals surface area contributed by atoms with E-state index in [0.717, 1.165) is 25.9 Å². The summed E-state index contributed by atoms with van der Waals surface area (Å²) in [5.74, 6) is -0.288. The Hall–Kier alpha value is -1.40. The van der Waals surface area contributed by atoms with Crippen LogP contribution in [0.1, 0.15) is 26.7 Å². The number of anilines is 1. The average molecular weight is 335 g/mol. The maximum atomic E-state index is 12.1. The molecule has 1 rings (SSSR count). The molecule has 0 aromatic heterocycles. The topological polar surface area (TPSA) is 41.6 Å². The van der Waals surface area contributed by atoms with Gasteiger partial charge in [-0.2, -0.15) is 8.78 Å². The van der Waals surface area contributed by atoms with E-state index in [1.807, 2.05) is 11.8 Å². The Morgan fingerprint density at radius 1 is 1.41 bits per heavy atom. The summed E-state index contributed by atoms with van der Waals surface area (Å²) in [4.78, 5) is 14.0. The van der Waals surface area contributed by atoms with Crippen molar-refractivity contribution >= 4 is 23.2 Å². The normalized spacial score (nSPS) is 11.0. The molecule has 7 heteroatoms. The van der Waals surface area contributed by atoms with E-state index in [0.29, 0.717) is 5.69 Å². The Morgan fingerprint density at radius 3 is 2.68 bits per heavy atom. The lowest BCUT2D eigenvalue weighted by Gasteiger charge is -2.19. The summed E-state index contributed by atoms with van der Waals surface area (Å²) < 4.78 is 28.5. The van der Waals surface area contributed by atoms with Crippen molar-refractivity contribution in [3.8, 4) is 5.75 Å².